The molecular weight excluding hydrogens is 313 g/mol. The van der Waals surface area contributed by atoms with Crippen molar-refractivity contribution in [2.75, 3.05) is 25.5 Å². The van der Waals surface area contributed by atoms with Gasteiger partial charge in [-0.1, -0.05) is 29.3 Å². The largest absolute Gasteiger partial charge is 0.299 e. The number of thiol groups is 1. The maximum Gasteiger partial charge on any atom is 0.0595 e. The number of rotatable bonds is 5. The van der Waals surface area contributed by atoms with Crippen LogP contribution in [-0.4, -0.2) is 35.4 Å². The van der Waals surface area contributed by atoms with E-state index >= 15 is 0 Å². The molecule has 0 unspecified atom stereocenters. The molecular formula is C14H21Cl2N3S. The number of hydrazine groups is 1. The number of hydrogen-bond acceptors (Lipinski definition) is 4. The van der Waals surface area contributed by atoms with Crippen molar-refractivity contribution >= 4 is 35.8 Å². The van der Waals surface area contributed by atoms with Crippen LogP contribution in [0.5, 0.6) is 0 Å². The van der Waals surface area contributed by atoms with Crippen molar-refractivity contribution in [1.82, 2.24) is 9.91 Å². The first kappa shape index (κ1) is 16.4. The SMILES string of the molecule is NN(CS)CC1CCN(Cc2ccc(Cl)c(Cl)c2)CC1. The Morgan fingerprint density at radius 1 is 1.25 bits per heavy atom. The van der Waals surface area contributed by atoms with Gasteiger partial charge in [0.25, 0.3) is 0 Å². The first-order chi connectivity index (χ1) is 9.58. The molecule has 6 heteroatoms. The molecule has 3 nitrogen and oxygen atoms in total. The summed E-state index contributed by atoms with van der Waals surface area (Å²) in [5.74, 6) is 7.10. The van der Waals surface area contributed by atoms with Crippen LogP contribution in [0.2, 0.25) is 10.0 Å². The Labute approximate surface area is 136 Å². The lowest BCUT2D eigenvalue weighted by Gasteiger charge is -2.33. The Morgan fingerprint density at radius 2 is 1.95 bits per heavy atom. The molecule has 2 N–H and O–H groups in total. The molecule has 1 saturated heterocycles. The fourth-order valence-electron chi connectivity index (χ4n) is 2.61. The van der Waals surface area contributed by atoms with Gasteiger partial charge in [0.05, 0.1) is 15.9 Å². The van der Waals surface area contributed by atoms with Crippen LogP contribution < -0.4 is 5.84 Å². The second-order valence-corrected chi connectivity index (χ2v) is 6.48. The second-order valence-electron chi connectivity index (χ2n) is 5.38. The summed E-state index contributed by atoms with van der Waals surface area (Å²) in [5, 5.41) is 3.03. The third-order valence-corrected chi connectivity index (χ3v) is 4.87. The standard InChI is InChI=1S/C14H21Cl2N3S/c15-13-2-1-12(7-14(13)16)8-18-5-3-11(4-6-18)9-19(17)10-20/h1-2,7,11,20H,3-6,8-10,17H2. The Morgan fingerprint density at radius 3 is 2.55 bits per heavy atom. The highest BCUT2D eigenvalue weighted by Gasteiger charge is 2.20. The topological polar surface area (TPSA) is 32.5 Å². The van der Waals surface area contributed by atoms with Crippen LogP contribution >= 0.6 is 35.8 Å². The molecule has 1 aromatic carbocycles. The molecule has 0 bridgehead atoms. The van der Waals surface area contributed by atoms with Gasteiger partial charge >= 0.3 is 0 Å². The van der Waals surface area contributed by atoms with Gasteiger partial charge in [0.1, 0.15) is 0 Å². The van der Waals surface area contributed by atoms with Crippen LogP contribution in [0.25, 0.3) is 0 Å². The molecule has 112 valence electrons. The van der Waals surface area contributed by atoms with Gasteiger partial charge in [0.15, 0.2) is 0 Å². The molecule has 20 heavy (non-hydrogen) atoms. The summed E-state index contributed by atoms with van der Waals surface area (Å²) in [4.78, 5) is 2.46. The molecule has 0 aliphatic carbocycles. The number of nitrogens with two attached hydrogens (primary N) is 1. The summed E-state index contributed by atoms with van der Waals surface area (Å²) in [6, 6.07) is 5.87. The van der Waals surface area contributed by atoms with E-state index in [0.29, 0.717) is 21.8 Å². The monoisotopic (exact) mass is 333 g/mol. The van der Waals surface area contributed by atoms with E-state index in [9.17, 15) is 0 Å². The van der Waals surface area contributed by atoms with Crippen molar-refractivity contribution < 1.29 is 0 Å². The third-order valence-electron chi connectivity index (χ3n) is 3.77. The Balaban J connectivity index is 1.80. The van der Waals surface area contributed by atoms with Gasteiger partial charge in [-0.25, -0.2) is 5.01 Å². The highest BCUT2D eigenvalue weighted by atomic mass is 35.5. The van der Waals surface area contributed by atoms with Crippen molar-refractivity contribution in [2.24, 2.45) is 11.8 Å². The Bertz CT molecular complexity index is 436. The van der Waals surface area contributed by atoms with Crippen molar-refractivity contribution in [1.29, 1.82) is 0 Å². The van der Waals surface area contributed by atoms with Crippen molar-refractivity contribution in [3.05, 3.63) is 33.8 Å². The zero-order chi connectivity index (χ0) is 14.5. The molecule has 0 atom stereocenters. The number of benzene rings is 1. The number of nitrogens with zero attached hydrogens (tertiary/aromatic N) is 2. The summed E-state index contributed by atoms with van der Waals surface area (Å²) < 4.78 is 0. The van der Waals surface area contributed by atoms with Gasteiger partial charge in [-0.15, -0.1) is 0 Å². The van der Waals surface area contributed by atoms with E-state index in [4.69, 9.17) is 29.0 Å². The molecule has 0 amide bonds. The summed E-state index contributed by atoms with van der Waals surface area (Å²) in [5.41, 5.74) is 1.22. The molecule has 0 radical (unpaired) electrons. The van der Waals surface area contributed by atoms with E-state index in [2.05, 4.69) is 17.5 Å². The smallest absolute Gasteiger partial charge is 0.0595 e. The lowest BCUT2D eigenvalue weighted by molar-refractivity contribution is 0.148. The number of piperidine rings is 1. The maximum atomic E-state index is 6.05. The molecule has 0 spiro atoms. The van der Waals surface area contributed by atoms with Crippen LogP contribution in [0, 0.1) is 5.92 Å². The van der Waals surface area contributed by atoms with Crippen LogP contribution in [0.1, 0.15) is 18.4 Å². The van der Waals surface area contributed by atoms with Crippen molar-refractivity contribution in [2.45, 2.75) is 19.4 Å². The van der Waals surface area contributed by atoms with Crippen LogP contribution in [0.3, 0.4) is 0 Å². The minimum Gasteiger partial charge on any atom is -0.299 e. The molecule has 0 aromatic heterocycles. The van der Waals surface area contributed by atoms with E-state index in [1.54, 1.807) is 5.01 Å². The highest BCUT2D eigenvalue weighted by Crippen LogP contribution is 2.25. The van der Waals surface area contributed by atoms with Crippen LogP contribution in [-0.2, 0) is 6.54 Å². The average Bonchev–Trinajstić information content (AvgIpc) is 2.45. The number of halogens is 2. The van der Waals surface area contributed by atoms with Gasteiger partial charge in [-0.05, 0) is 49.5 Å². The van der Waals surface area contributed by atoms with E-state index in [1.165, 1.54) is 18.4 Å². The number of likely N-dealkylation sites (tertiary alicyclic amines) is 1. The van der Waals surface area contributed by atoms with Crippen molar-refractivity contribution in [3.63, 3.8) is 0 Å². The zero-order valence-electron chi connectivity index (χ0n) is 11.4. The minimum absolute atomic E-state index is 0.615. The second kappa shape index (κ2) is 7.87. The quantitative estimate of drug-likeness (QED) is 0.375. The molecule has 0 saturated carbocycles. The maximum absolute atomic E-state index is 6.05. The van der Waals surface area contributed by atoms with E-state index in [1.807, 2.05) is 18.2 Å². The van der Waals surface area contributed by atoms with Gasteiger partial charge in [0.2, 0.25) is 0 Å². The predicted molar refractivity (Wildman–Crippen MR) is 89.2 cm³/mol. The van der Waals surface area contributed by atoms with E-state index < -0.39 is 0 Å². The highest BCUT2D eigenvalue weighted by molar-refractivity contribution is 7.80. The number of hydrogen-bond donors (Lipinski definition) is 2. The molecule has 1 aliphatic heterocycles. The first-order valence-corrected chi connectivity index (χ1v) is 8.24. The molecule has 1 fully saturated rings. The average molecular weight is 334 g/mol. The van der Waals surface area contributed by atoms with Crippen LogP contribution in [0.15, 0.2) is 18.2 Å². The van der Waals surface area contributed by atoms with E-state index in [0.717, 1.165) is 26.2 Å². The normalized spacial score (nSPS) is 17.9. The fourth-order valence-corrected chi connectivity index (χ4v) is 3.05. The Kier molecular flexibility index (Phi) is 6.46. The van der Waals surface area contributed by atoms with Gasteiger partial charge in [-0.3, -0.25) is 10.7 Å². The summed E-state index contributed by atoms with van der Waals surface area (Å²) in [6.45, 7) is 4.07. The third kappa shape index (κ3) is 4.79. The van der Waals surface area contributed by atoms with Gasteiger partial charge in [0, 0.05) is 13.1 Å². The summed E-state index contributed by atoms with van der Waals surface area (Å²) >= 11 is 16.2. The van der Waals surface area contributed by atoms with Gasteiger partial charge in [-0.2, -0.15) is 12.6 Å². The van der Waals surface area contributed by atoms with Crippen LogP contribution in [0.4, 0.5) is 0 Å². The molecule has 1 heterocycles. The lowest BCUT2D eigenvalue weighted by atomic mass is 9.96. The first-order valence-electron chi connectivity index (χ1n) is 6.85. The zero-order valence-corrected chi connectivity index (χ0v) is 13.8. The summed E-state index contributed by atoms with van der Waals surface area (Å²) in [6.07, 6.45) is 2.37. The van der Waals surface area contributed by atoms with E-state index in [-0.39, 0.29) is 0 Å². The Hall–Kier alpha value is 0.0300. The molecule has 2 rings (SSSR count). The van der Waals surface area contributed by atoms with Gasteiger partial charge < -0.3 is 0 Å². The molecule has 1 aromatic rings. The summed E-state index contributed by atoms with van der Waals surface area (Å²) in [7, 11) is 0. The minimum atomic E-state index is 0.615. The molecule has 1 aliphatic rings. The van der Waals surface area contributed by atoms with Crippen molar-refractivity contribution in [3.8, 4) is 0 Å². The fraction of sp³-hybridized carbons (Fsp3) is 0.571. The predicted octanol–water partition coefficient (Wildman–Crippen LogP) is 3.27. The lowest BCUT2D eigenvalue weighted by Crippen LogP contribution is -2.40.